The summed E-state index contributed by atoms with van der Waals surface area (Å²) in [5.41, 5.74) is 0.895. The van der Waals surface area contributed by atoms with Crippen molar-refractivity contribution >= 4 is 10.9 Å². The standard InChI is InChI=1S/C16H18F2N2/c1-10(11-3-4-11)20(2)9-13-7-5-12-6-8-14(17)15(18)16(12)19-13/h5-8,10-11H,3-4,9H2,1-2H3. The maximum absolute atomic E-state index is 13.8. The molecule has 106 valence electrons. The van der Waals surface area contributed by atoms with Crippen molar-refractivity contribution in [2.24, 2.45) is 5.92 Å². The van der Waals surface area contributed by atoms with Crippen LogP contribution in [0.5, 0.6) is 0 Å². The number of hydrogen-bond acceptors (Lipinski definition) is 2. The van der Waals surface area contributed by atoms with Gasteiger partial charge in [0.15, 0.2) is 11.6 Å². The Hall–Kier alpha value is -1.55. The summed E-state index contributed by atoms with van der Waals surface area (Å²) in [5.74, 6) is -0.932. The van der Waals surface area contributed by atoms with E-state index < -0.39 is 11.6 Å². The molecule has 0 N–H and O–H groups in total. The van der Waals surface area contributed by atoms with Crippen LogP contribution < -0.4 is 0 Å². The quantitative estimate of drug-likeness (QED) is 0.845. The van der Waals surface area contributed by atoms with Crippen LogP contribution in [-0.2, 0) is 6.54 Å². The summed E-state index contributed by atoms with van der Waals surface area (Å²) >= 11 is 0. The molecule has 0 amide bonds. The second-order valence-corrected chi connectivity index (χ2v) is 5.73. The Morgan fingerprint density at radius 1 is 1.25 bits per heavy atom. The van der Waals surface area contributed by atoms with Gasteiger partial charge in [0, 0.05) is 18.0 Å². The molecule has 1 aliphatic rings. The van der Waals surface area contributed by atoms with Crippen LogP contribution in [-0.4, -0.2) is 23.0 Å². The number of rotatable bonds is 4. The van der Waals surface area contributed by atoms with Gasteiger partial charge in [0.2, 0.25) is 0 Å². The summed E-state index contributed by atoms with van der Waals surface area (Å²) in [4.78, 5) is 6.51. The van der Waals surface area contributed by atoms with Gasteiger partial charge in [0.05, 0.1) is 5.69 Å². The molecule has 0 aliphatic heterocycles. The molecule has 3 rings (SSSR count). The number of pyridine rings is 1. The summed E-state index contributed by atoms with van der Waals surface area (Å²) in [6.45, 7) is 2.86. The Morgan fingerprint density at radius 2 is 1.95 bits per heavy atom. The summed E-state index contributed by atoms with van der Waals surface area (Å²) in [6.07, 6.45) is 2.58. The van der Waals surface area contributed by atoms with E-state index in [0.29, 0.717) is 18.0 Å². The fourth-order valence-corrected chi connectivity index (χ4v) is 2.60. The first-order valence-corrected chi connectivity index (χ1v) is 7.00. The fourth-order valence-electron chi connectivity index (χ4n) is 2.60. The van der Waals surface area contributed by atoms with Crippen LogP contribution in [0.3, 0.4) is 0 Å². The molecule has 0 saturated heterocycles. The second kappa shape index (κ2) is 5.09. The summed E-state index contributed by atoms with van der Waals surface area (Å²) in [6, 6.07) is 6.89. The number of nitrogens with zero attached hydrogens (tertiary/aromatic N) is 2. The smallest absolute Gasteiger partial charge is 0.184 e. The maximum atomic E-state index is 13.8. The number of hydrogen-bond donors (Lipinski definition) is 0. The van der Waals surface area contributed by atoms with Crippen molar-refractivity contribution in [1.82, 2.24) is 9.88 Å². The highest BCUT2D eigenvalue weighted by Crippen LogP contribution is 2.35. The van der Waals surface area contributed by atoms with Crippen LogP contribution in [0.2, 0.25) is 0 Å². The molecule has 1 aromatic carbocycles. The van der Waals surface area contributed by atoms with Crippen LogP contribution in [0.15, 0.2) is 24.3 Å². The fraction of sp³-hybridized carbons (Fsp3) is 0.438. The zero-order valence-corrected chi connectivity index (χ0v) is 11.7. The molecule has 1 saturated carbocycles. The average molecular weight is 276 g/mol. The normalized spacial score (nSPS) is 16.9. The Kier molecular flexibility index (Phi) is 3.42. The highest BCUT2D eigenvalue weighted by atomic mass is 19.2. The van der Waals surface area contributed by atoms with Crippen LogP contribution in [0.4, 0.5) is 8.78 Å². The van der Waals surface area contributed by atoms with Crippen molar-refractivity contribution in [3.63, 3.8) is 0 Å². The van der Waals surface area contributed by atoms with Crippen LogP contribution in [0.1, 0.15) is 25.5 Å². The molecule has 20 heavy (non-hydrogen) atoms. The van der Waals surface area contributed by atoms with Crippen molar-refractivity contribution in [3.8, 4) is 0 Å². The lowest BCUT2D eigenvalue weighted by molar-refractivity contribution is 0.224. The Labute approximate surface area is 117 Å². The van der Waals surface area contributed by atoms with Crippen molar-refractivity contribution < 1.29 is 8.78 Å². The van der Waals surface area contributed by atoms with E-state index in [1.807, 2.05) is 6.07 Å². The lowest BCUT2D eigenvalue weighted by Crippen LogP contribution is -2.30. The van der Waals surface area contributed by atoms with E-state index >= 15 is 0 Å². The Balaban J connectivity index is 1.86. The summed E-state index contributed by atoms with van der Waals surface area (Å²) in [5, 5.41) is 0.630. The maximum Gasteiger partial charge on any atom is 0.184 e. The van der Waals surface area contributed by atoms with Crippen molar-refractivity contribution in [2.75, 3.05) is 7.05 Å². The molecule has 2 aromatic rings. The SMILES string of the molecule is CC(C1CC1)N(C)Cc1ccc2ccc(F)c(F)c2n1. The molecule has 1 heterocycles. The third-order valence-corrected chi connectivity index (χ3v) is 4.22. The number of aromatic nitrogens is 1. The van der Waals surface area contributed by atoms with E-state index in [1.54, 1.807) is 12.1 Å². The highest BCUT2D eigenvalue weighted by Gasteiger charge is 2.30. The van der Waals surface area contributed by atoms with Gasteiger partial charge in [-0.2, -0.15) is 0 Å². The average Bonchev–Trinajstić information content (AvgIpc) is 3.27. The molecule has 1 aromatic heterocycles. The van der Waals surface area contributed by atoms with E-state index in [0.717, 1.165) is 17.7 Å². The third kappa shape index (κ3) is 2.52. The number of benzene rings is 1. The van der Waals surface area contributed by atoms with Gasteiger partial charge in [-0.05, 0) is 50.9 Å². The second-order valence-electron chi connectivity index (χ2n) is 5.73. The minimum Gasteiger partial charge on any atom is -0.298 e. The van der Waals surface area contributed by atoms with Crippen molar-refractivity contribution in [1.29, 1.82) is 0 Å². The first-order chi connectivity index (χ1) is 9.56. The Bertz CT molecular complexity index is 638. The van der Waals surface area contributed by atoms with Gasteiger partial charge in [-0.1, -0.05) is 6.07 Å². The summed E-state index contributed by atoms with van der Waals surface area (Å²) < 4.78 is 27.0. The zero-order chi connectivity index (χ0) is 14.3. The van der Waals surface area contributed by atoms with E-state index in [1.165, 1.54) is 12.8 Å². The van der Waals surface area contributed by atoms with E-state index in [9.17, 15) is 8.78 Å². The van der Waals surface area contributed by atoms with E-state index in [2.05, 4.69) is 23.9 Å². The van der Waals surface area contributed by atoms with Crippen LogP contribution >= 0.6 is 0 Å². The lowest BCUT2D eigenvalue weighted by atomic mass is 10.1. The first-order valence-electron chi connectivity index (χ1n) is 7.00. The monoisotopic (exact) mass is 276 g/mol. The zero-order valence-electron chi connectivity index (χ0n) is 11.7. The largest absolute Gasteiger partial charge is 0.298 e. The minimum atomic E-state index is -0.859. The summed E-state index contributed by atoms with van der Waals surface area (Å²) in [7, 11) is 2.05. The molecule has 1 atom stereocenters. The predicted octanol–water partition coefficient (Wildman–Crippen LogP) is 3.74. The van der Waals surface area contributed by atoms with Gasteiger partial charge < -0.3 is 0 Å². The first kappa shape index (κ1) is 13.4. The molecule has 1 unspecified atom stereocenters. The van der Waals surface area contributed by atoms with Gasteiger partial charge in [-0.3, -0.25) is 4.90 Å². The molecular formula is C16H18F2N2. The van der Waals surface area contributed by atoms with Crippen LogP contribution in [0.25, 0.3) is 10.9 Å². The van der Waals surface area contributed by atoms with Gasteiger partial charge >= 0.3 is 0 Å². The molecule has 0 radical (unpaired) electrons. The molecule has 1 aliphatic carbocycles. The lowest BCUT2D eigenvalue weighted by Gasteiger charge is -2.24. The van der Waals surface area contributed by atoms with E-state index in [-0.39, 0.29) is 5.52 Å². The van der Waals surface area contributed by atoms with Crippen molar-refractivity contribution in [2.45, 2.75) is 32.4 Å². The molecule has 0 bridgehead atoms. The number of fused-ring (bicyclic) bond motifs is 1. The molecule has 0 spiro atoms. The molecule has 4 heteroatoms. The van der Waals surface area contributed by atoms with Crippen molar-refractivity contribution in [3.05, 3.63) is 41.6 Å². The molecular weight excluding hydrogens is 258 g/mol. The van der Waals surface area contributed by atoms with E-state index in [4.69, 9.17) is 0 Å². The van der Waals surface area contributed by atoms with Crippen LogP contribution in [0, 0.1) is 17.6 Å². The van der Waals surface area contributed by atoms with Gasteiger partial charge in [0.1, 0.15) is 5.52 Å². The molecule has 1 fully saturated rings. The molecule has 2 nitrogen and oxygen atoms in total. The topological polar surface area (TPSA) is 16.1 Å². The third-order valence-electron chi connectivity index (χ3n) is 4.22. The minimum absolute atomic E-state index is 0.120. The van der Waals surface area contributed by atoms with Gasteiger partial charge in [-0.15, -0.1) is 0 Å². The number of halogens is 2. The Morgan fingerprint density at radius 3 is 2.65 bits per heavy atom. The van der Waals surface area contributed by atoms with Gasteiger partial charge in [0.25, 0.3) is 0 Å². The van der Waals surface area contributed by atoms with Gasteiger partial charge in [-0.25, -0.2) is 13.8 Å². The predicted molar refractivity (Wildman–Crippen MR) is 75.3 cm³/mol. The highest BCUT2D eigenvalue weighted by molar-refractivity contribution is 5.79.